The lowest BCUT2D eigenvalue weighted by atomic mass is 9.92. The van der Waals surface area contributed by atoms with Crippen molar-refractivity contribution in [1.82, 2.24) is 4.90 Å². The van der Waals surface area contributed by atoms with Gasteiger partial charge in [0, 0.05) is 39.3 Å². The van der Waals surface area contributed by atoms with E-state index in [1.807, 2.05) is 4.90 Å². The number of hydrogen-bond donors (Lipinski definition) is 0. The van der Waals surface area contributed by atoms with Crippen molar-refractivity contribution in [2.45, 2.75) is 32.1 Å². The fourth-order valence-electron chi connectivity index (χ4n) is 3.03. The zero-order valence-electron chi connectivity index (χ0n) is 12.6. The molecule has 0 radical (unpaired) electrons. The first-order valence-corrected chi connectivity index (χ1v) is 7.81. The molecule has 1 heterocycles. The summed E-state index contributed by atoms with van der Waals surface area (Å²) in [5, 5.41) is 0. The van der Waals surface area contributed by atoms with Crippen LogP contribution in [0.3, 0.4) is 0 Å². The molecular formula is C16H27NO3. The maximum Gasteiger partial charge on any atom is 0.225 e. The lowest BCUT2D eigenvalue weighted by Crippen LogP contribution is -2.43. The second kappa shape index (κ2) is 8.42. The summed E-state index contributed by atoms with van der Waals surface area (Å²) in [6, 6.07) is 0. The van der Waals surface area contributed by atoms with E-state index in [0.717, 1.165) is 45.4 Å². The van der Waals surface area contributed by atoms with Gasteiger partial charge in [0.05, 0.1) is 6.61 Å². The Kier molecular flexibility index (Phi) is 6.54. The third-order valence-corrected chi connectivity index (χ3v) is 4.30. The van der Waals surface area contributed by atoms with Gasteiger partial charge >= 0.3 is 0 Å². The zero-order chi connectivity index (χ0) is 14.2. The predicted molar refractivity (Wildman–Crippen MR) is 78.5 cm³/mol. The van der Waals surface area contributed by atoms with E-state index in [2.05, 4.69) is 12.2 Å². The van der Waals surface area contributed by atoms with E-state index in [9.17, 15) is 4.79 Å². The van der Waals surface area contributed by atoms with Gasteiger partial charge < -0.3 is 14.4 Å². The Morgan fingerprint density at radius 2 is 2.10 bits per heavy atom. The van der Waals surface area contributed by atoms with Gasteiger partial charge in [0.2, 0.25) is 5.91 Å². The Balaban J connectivity index is 1.90. The van der Waals surface area contributed by atoms with Crippen molar-refractivity contribution in [2.24, 2.45) is 11.8 Å². The van der Waals surface area contributed by atoms with Crippen LogP contribution in [0.5, 0.6) is 0 Å². The Labute approximate surface area is 122 Å². The molecule has 1 aliphatic heterocycles. The Hall–Kier alpha value is -0.870. The second-order valence-corrected chi connectivity index (χ2v) is 5.81. The topological polar surface area (TPSA) is 38.8 Å². The van der Waals surface area contributed by atoms with Crippen LogP contribution in [0.1, 0.15) is 32.1 Å². The van der Waals surface area contributed by atoms with Crippen LogP contribution < -0.4 is 0 Å². The molecule has 0 aromatic carbocycles. The summed E-state index contributed by atoms with van der Waals surface area (Å²) in [6.45, 7) is 3.66. The predicted octanol–water partition coefficient (Wildman–Crippen LogP) is 2.24. The van der Waals surface area contributed by atoms with E-state index in [1.54, 1.807) is 7.11 Å². The second-order valence-electron chi connectivity index (χ2n) is 5.81. The van der Waals surface area contributed by atoms with Crippen molar-refractivity contribution in [3.05, 3.63) is 12.2 Å². The van der Waals surface area contributed by atoms with Gasteiger partial charge in [-0.05, 0) is 38.0 Å². The van der Waals surface area contributed by atoms with Gasteiger partial charge in [0.25, 0.3) is 0 Å². The van der Waals surface area contributed by atoms with Gasteiger partial charge in [-0.2, -0.15) is 0 Å². The first-order valence-electron chi connectivity index (χ1n) is 7.81. The molecule has 2 aliphatic rings. The summed E-state index contributed by atoms with van der Waals surface area (Å²) >= 11 is 0. The van der Waals surface area contributed by atoms with E-state index in [1.165, 1.54) is 6.42 Å². The third kappa shape index (κ3) is 4.60. The van der Waals surface area contributed by atoms with Crippen LogP contribution in [0.2, 0.25) is 0 Å². The van der Waals surface area contributed by atoms with Crippen molar-refractivity contribution in [1.29, 1.82) is 0 Å². The number of allylic oxidation sites excluding steroid dienone is 2. The van der Waals surface area contributed by atoms with Crippen LogP contribution in [0.15, 0.2) is 12.2 Å². The van der Waals surface area contributed by atoms with Crippen LogP contribution in [-0.2, 0) is 14.3 Å². The molecule has 1 amide bonds. The van der Waals surface area contributed by atoms with Crippen molar-refractivity contribution in [3.8, 4) is 0 Å². The maximum absolute atomic E-state index is 12.7. The summed E-state index contributed by atoms with van der Waals surface area (Å²) in [7, 11) is 1.69. The Bertz CT molecular complexity index is 324. The number of nitrogens with zero attached hydrogens (tertiary/aromatic N) is 1. The number of methoxy groups -OCH3 is 1. The fraction of sp³-hybridized carbons (Fsp3) is 0.812. The molecule has 0 bridgehead atoms. The normalized spacial score (nSPS) is 23.8. The Morgan fingerprint density at radius 3 is 2.75 bits per heavy atom. The van der Waals surface area contributed by atoms with Crippen LogP contribution >= 0.6 is 0 Å². The third-order valence-electron chi connectivity index (χ3n) is 4.30. The summed E-state index contributed by atoms with van der Waals surface area (Å²) in [5.74, 6) is 1.07. The van der Waals surface area contributed by atoms with Crippen LogP contribution in [-0.4, -0.2) is 50.8 Å². The molecule has 0 spiro atoms. The molecule has 20 heavy (non-hydrogen) atoms. The Morgan fingerprint density at radius 1 is 1.30 bits per heavy atom. The maximum atomic E-state index is 12.7. The van der Waals surface area contributed by atoms with Gasteiger partial charge in [0.15, 0.2) is 0 Å². The monoisotopic (exact) mass is 281 g/mol. The lowest BCUT2D eigenvalue weighted by molar-refractivity contribution is -0.139. The molecule has 0 saturated carbocycles. The van der Waals surface area contributed by atoms with Crippen molar-refractivity contribution < 1.29 is 14.3 Å². The zero-order valence-corrected chi connectivity index (χ0v) is 12.6. The van der Waals surface area contributed by atoms with E-state index >= 15 is 0 Å². The number of carbonyl (C=O) groups is 1. The van der Waals surface area contributed by atoms with Gasteiger partial charge in [0.1, 0.15) is 0 Å². The van der Waals surface area contributed by atoms with Gasteiger partial charge in [-0.3, -0.25) is 4.79 Å². The first-order chi connectivity index (χ1) is 9.81. The highest BCUT2D eigenvalue weighted by Gasteiger charge is 2.27. The number of hydrogen-bond acceptors (Lipinski definition) is 3. The molecule has 1 unspecified atom stereocenters. The van der Waals surface area contributed by atoms with E-state index < -0.39 is 0 Å². The van der Waals surface area contributed by atoms with Gasteiger partial charge in [-0.15, -0.1) is 0 Å². The number of rotatable bonds is 6. The number of carbonyl (C=O) groups excluding carboxylic acids is 1. The highest BCUT2D eigenvalue weighted by molar-refractivity contribution is 5.79. The van der Waals surface area contributed by atoms with Crippen LogP contribution in [0.4, 0.5) is 0 Å². The fourth-order valence-corrected chi connectivity index (χ4v) is 3.03. The molecule has 114 valence electrons. The molecule has 0 aromatic rings. The highest BCUT2D eigenvalue weighted by Crippen LogP contribution is 2.22. The molecule has 2 rings (SSSR count). The molecule has 1 saturated heterocycles. The van der Waals surface area contributed by atoms with Crippen molar-refractivity contribution >= 4 is 5.91 Å². The van der Waals surface area contributed by atoms with Crippen molar-refractivity contribution in [3.63, 3.8) is 0 Å². The van der Waals surface area contributed by atoms with Crippen LogP contribution in [0, 0.1) is 11.8 Å². The molecule has 4 heteroatoms. The molecule has 1 aliphatic carbocycles. The van der Waals surface area contributed by atoms with Gasteiger partial charge in [-0.1, -0.05) is 12.2 Å². The lowest BCUT2D eigenvalue weighted by Gasteiger charge is -2.32. The average molecular weight is 281 g/mol. The summed E-state index contributed by atoms with van der Waals surface area (Å²) in [5.41, 5.74) is 0. The summed E-state index contributed by atoms with van der Waals surface area (Å²) in [4.78, 5) is 14.7. The van der Waals surface area contributed by atoms with E-state index in [-0.39, 0.29) is 5.92 Å². The van der Waals surface area contributed by atoms with E-state index in [0.29, 0.717) is 25.0 Å². The minimum Gasteiger partial charge on any atom is -0.383 e. The minimum atomic E-state index is 0.153. The molecule has 0 aromatic heterocycles. The largest absolute Gasteiger partial charge is 0.383 e. The summed E-state index contributed by atoms with van der Waals surface area (Å²) < 4.78 is 10.5. The van der Waals surface area contributed by atoms with E-state index in [4.69, 9.17) is 9.47 Å². The number of ether oxygens (including phenoxy) is 2. The first kappa shape index (κ1) is 15.5. The quantitative estimate of drug-likeness (QED) is 0.701. The van der Waals surface area contributed by atoms with Crippen LogP contribution in [0.25, 0.3) is 0 Å². The molecule has 0 N–H and O–H groups in total. The molecule has 1 atom stereocenters. The smallest absolute Gasteiger partial charge is 0.225 e. The molecule has 4 nitrogen and oxygen atoms in total. The van der Waals surface area contributed by atoms with Gasteiger partial charge in [-0.25, -0.2) is 0 Å². The number of amides is 1. The highest BCUT2D eigenvalue weighted by atomic mass is 16.5. The minimum absolute atomic E-state index is 0.153. The molecular weight excluding hydrogens is 254 g/mol. The standard InChI is InChI=1S/C16H27NO3/c1-19-12-9-17(13-14-5-3-2-4-6-14)16(18)15-7-10-20-11-8-15/h2-3,14-15H,4-13H2,1H3. The SMILES string of the molecule is COCCN(CC1CC=CCC1)C(=O)C1CCOCC1. The van der Waals surface area contributed by atoms with Crippen molar-refractivity contribution in [2.75, 3.05) is 40.0 Å². The summed E-state index contributed by atoms with van der Waals surface area (Å²) in [6.07, 6.45) is 9.68. The average Bonchev–Trinajstić information content (AvgIpc) is 2.52. The molecule has 1 fully saturated rings.